The van der Waals surface area contributed by atoms with Crippen molar-refractivity contribution in [3.63, 3.8) is 0 Å². The summed E-state index contributed by atoms with van der Waals surface area (Å²) in [7, 11) is 0. The second-order valence-corrected chi connectivity index (χ2v) is 6.62. The van der Waals surface area contributed by atoms with E-state index in [9.17, 15) is 4.79 Å². The topological polar surface area (TPSA) is 90.2 Å². The zero-order valence-corrected chi connectivity index (χ0v) is 13.8. The van der Waals surface area contributed by atoms with E-state index in [2.05, 4.69) is 19.7 Å². The van der Waals surface area contributed by atoms with Gasteiger partial charge in [-0.15, -0.1) is 10.2 Å². The lowest BCUT2D eigenvalue weighted by atomic mass is 10.1. The minimum Gasteiger partial charge on any atom is -0.467 e. The van der Waals surface area contributed by atoms with E-state index >= 15 is 0 Å². The van der Waals surface area contributed by atoms with Crippen LogP contribution < -0.4 is 10.6 Å². The molecule has 2 aromatic heterocycles. The predicted octanol–water partition coefficient (Wildman–Crippen LogP) is 1.88. The van der Waals surface area contributed by atoms with Gasteiger partial charge in [-0.3, -0.25) is 9.36 Å². The van der Waals surface area contributed by atoms with E-state index in [1.165, 1.54) is 31.0 Å². The number of carbonyl (C=O) groups excluding carboxylic acids is 1. The van der Waals surface area contributed by atoms with E-state index in [1.54, 1.807) is 6.26 Å². The van der Waals surface area contributed by atoms with Gasteiger partial charge in [0, 0.05) is 25.3 Å². The maximum absolute atomic E-state index is 10.9. The van der Waals surface area contributed by atoms with Crippen LogP contribution in [0.25, 0.3) is 0 Å². The fourth-order valence-corrected chi connectivity index (χ4v) is 3.54. The number of nitrogens with zero attached hydrogens (tertiary/aromatic N) is 4. The minimum absolute atomic E-state index is 0.300. The van der Waals surface area contributed by atoms with E-state index in [0.29, 0.717) is 18.7 Å². The molecular formula is C15H21N5O2S. The molecule has 2 aromatic rings. The first-order valence-electron chi connectivity index (χ1n) is 7.85. The largest absolute Gasteiger partial charge is 0.467 e. The van der Waals surface area contributed by atoms with Crippen LogP contribution in [-0.2, 0) is 11.3 Å². The van der Waals surface area contributed by atoms with Gasteiger partial charge in [-0.25, -0.2) is 0 Å². The fourth-order valence-electron chi connectivity index (χ4n) is 2.66. The summed E-state index contributed by atoms with van der Waals surface area (Å²) in [5.74, 6) is 2.04. The zero-order chi connectivity index (χ0) is 16.1. The van der Waals surface area contributed by atoms with E-state index in [1.807, 2.05) is 12.1 Å². The number of amides is 1. The number of piperidine rings is 1. The number of furan rings is 1. The lowest BCUT2D eigenvalue weighted by molar-refractivity contribution is -0.117. The van der Waals surface area contributed by atoms with Crippen molar-refractivity contribution in [3.05, 3.63) is 24.2 Å². The van der Waals surface area contributed by atoms with Crippen molar-refractivity contribution in [2.45, 2.75) is 37.4 Å². The Morgan fingerprint density at radius 2 is 2.13 bits per heavy atom. The highest BCUT2D eigenvalue weighted by Gasteiger charge is 2.21. The molecule has 1 aliphatic rings. The van der Waals surface area contributed by atoms with Gasteiger partial charge >= 0.3 is 0 Å². The third-order valence-corrected chi connectivity index (χ3v) is 4.78. The number of thioether (sulfide) groups is 1. The van der Waals surface area contributed by atoms with Gasteiger partial charge in [0.15, 0.2) is 5.16 Å². The molecule has 0 atom stereocenters. The molecule has 0 aromatic carbocycles. The summed E-state index contributed by atoms with van der Waals surface area (Å²) in [4.78, 5) is 13.2. The van der Waals surface area contributed by atoms with Crippen LogP contribution in [0.1, 0.15) is 31.4 Å². The second kappa shape index (κ2) is 7.54. The van der Waals surface area contributed by atoms with Gasteiger partial charge in [-0.05, 0) is 31.4 Å². The van der Waals surface area contributed by atoms with E-state index in [-0.39, 0.29) is 5.91 Å². The van der Waals surface area contributed by atoms with Crippen LogP contribution in [0.4, 0.5) is 5.95 Å². The molecule has 2 N–H and O–H groups in total. The molecule has 0 saturated carbocycles. The maximum atomic E-state index is 10.9. The average molecular weight is 335 g/mol. The van der Waals surface area contributed by atoms with Gasteiger partial charge in [-0.1, -0.05) is 11.8 Å². The molecular weight excluding hydrogens is 314 g/mol. The number of nitrogens with two attached hydrogens (primary N) is 1. The molecule has 0 radical (unpaired) electrons. The van der Waals surface area contributed by atoms with Crippen molar-refractivity contribution in [3.8, 4) is 0 Å². The number of hydrogen-bond donors (Lipinski definition) is 1. The summed E-state index contributed by atoms with van der Waals surface area (Å²) in [5.41, 5.74) is 5.21. The highest BCUT2D eigenvalue weighted by Crippen LogP contribution is 2.26. The SMILES string of the molecule is NC(=O)CCSc1nnc(N2CCCCC2)n1Cc1ccco1. The Labute approximate surface area is 139 Å². The number of aromatic nitrogens is 3. The molecule has 0 spiro atoms. The van der Waals surface area contributed by atoms with Crippen LogP contribution in [-0.4, -0.2) is 39.5 Å². The monoisotopic (exact) mass is 335 g/mol. The number of rotatable bonds is 7. The molecule has 124 valence electrons. The molecule has 1 aliphatic heterocycles. The summed E-state index contributed by atoms with van der Waals surface area (Å²) in [6.45, 7) is 2.59. The lowest BCUT2D eigenvalue weighted by Gasteiger charge is -2.27. The normalized spacial score (nSPS) is 15.0. The number of anilines is 1. The Balaban J connectivity index is 1.80. The van der Waals surface area contributed by atoms with Crippen LogP contribution in [0, 0.1) is 0 Å². The minimum atomic E-state index is -0.300. The highest BCUT2D eigenvalue weighted by atomic mass is 32.2. The fraction of sp³-hybridized carbons (Fsp3) is 0.533. The number of carbonyl (C=O) groups is 1. The average Bonchev–Trinajstić information content (AvgIpc) is 3.19. The molecule has 0 bridgehead atoms. The molecule has 0 unspecified atom stereocenters. The lowest BCUT2D eigenvalue weighted by Crippen LogP contribution is -2.32. The van der Waals surface area contributed by atoms with Crippen molar-refractivity contribution in [1.82, 2.24) is 14.8 Å². The zero-order valence-electron chi connectivity index (χ0n) is 13.0. The third-order valence-electron chi connectivity index (χ3n) is 3.81. The Hall–Kier alpha value is -1.96. The summed E-state index contributed by atoms with van der Waals surface area (Å²) in [5, 5.41) is 9.48. The van der Waals surface area contributed by atoms with Gasteiger partial charge in [0.2, 0.25) is 11.9 Å². The number of hydrogen-bond acceptors (Lipinski definition) is 6. The van der Waals surface area contributed by atoms with Crippen LogP contribution in [0.15, 0.2) is 28.0 Å². The second-order valence-electron chi connectivity index (χ2n) is 5.56. The quantitative estimate of drug-likeness (QED) is 0.777. The molecule has 8 heteroatoms. The van der Waals surface area contributed by atoms with Gasteiger partial charge < -0.3 is 15.1 Å². The Morgan fingerprint density at radius 3 is 2.83 bits per heavy atom. The Morgan fingerprint density at radius 1 is 1.30 bits per heavy atom. The molecule has 3 heterocycles. The van der Waals surface area contributed by atoms with Crippen molar-refractivity contribution in [1.29, 1.82) is 0 Å². The highest BCUT2D eigenvalue weighted by molar-refractivity contribution is 7.99. The van der Waals surface area contributed by atoms with Crippen LogP contribution in [0.3, 0.4) is 0 Å². The van der Waals surface area contributed by atoms with Gasteiger partial charge in [-0.2, -0.15) is 0 Å². The smallest absolute Gasteiger partial charge is 0.228 e. The molecule has 23 heavy (non-hydrogen) atoms. The van der Waals surface area contributed by atoms with E-state index in [4.69, 9.17) is 10.2 Å². The van der Waals surface area contributed by atoms with Crippen LogP contribution in [0.2, 0.25) is 0 Å². The molecule has 3 rings (SSSR count). The molecule has 0 aliphatic carbocycles. The summed E-state index contributed by atoms with van der Waals surface area (Å²) >= 11 is 1.50. The number of primary amides is 1. The van der Waals surface area contributed by atoms with Gasteiger partial charge in [0.1, 0.15) is 5.76 Å². The molecule has 1 amide bonds. The first-order chi connectivity index (χ1) is 11.2. The molecule has 1 fully saturated rings. The molecule has 7 nitrogen and oxygen atoms in total. The molecule has 1 saturated heterocycles. The van der Waals surface area contributed by atoms with Crippen molar-refractivity contribution in [2.75, 3.05) is 23.7 Å². The standard InChI is InChI=1S/C15H21N5O2S/c16-13(21)6-10-23-15-18-17-14(19-7-2-1-3-8-19)20(15)11-12-5-4-9-22-12/h4-5,9H,1-3,6-8,10-11H2,(H2,16,21). The van der Waals surface area contributed by atoms with Crippen LogP contribution >= 0.6 is 11.8 Å². The first kappa shape index (κ1) is 15.9. The third kappa shape index (κ3) is 4.07. The summed E-state index contributed by atoms with van der Waals surface area (Å²) in [6.07, 6.45) is 5.62. The van der Waals surface area contributed by atoms with Gasteiger partial charge in [0.05, 0.1) is 12.8 Å². The first-order valence-corrected chi connectivity index (χ1v) is 8.84. The maximum Gasteiger partial charge on any atom is 0.228 e. The van der Waals surface area contributed by atoms with Crippen LogP contribution in [0.5, 0.6) is 0 Å². The van der Waals surface area contributed by atoms with E-state index < -0.39 is 0 Å². The van der Waals surface area contributed by atoms with Crippen molar-refractivity contribution >= 4 is 23.6 Å². The van der Waals surface area contributed by atoms with E-state index in [0.717, 1.165) is 30.0 Å². The van der Waals surface area contributed by atoms with Crippen molar-refractivity contribution < 1.29 is 9.21 Å². The van der Waals surface area contributed by atoms with Gasteiger partial charge in [0.25, 0.3) is 0 Å². The Kier molecular flexibility index (Phi) is 5.22. The van der Waals surface area contributed by atoms with Crippen molar-refractivity contribution in [2.24, 2.45) is 5.73 Å². The Bertz CT molecular complexity index is 634. The predicted molar refractivity (Wildman–Crippen MR) is 88.4 cm³/mol. The summed E-state index contributed by atoms with van der Waals surface area (Å²) in [6, 6.07) is 3.82. The summed E-state index contributed by atoms with van der Waals surface area (Å²) < 4.78 is 7.53.